The summed E-state index contributed by atoms with van der Waals surface area (Å²) >= 11 is 1.26. The van der Waals surface area contributed by atoms with Gasteiger partial charge >= 0.3 is 0 Å². The molecule has 1 saturated carbocycles. The Morgan fingerprint density at radius 1 is 1.30 bits per heavy atom. The maximum atomic E-state index is 13.4. The van der Waals surface area contributed by atoms with Crippen LogP contribution in [0.3, 0.4) is 0 Å². The summed E-state index contributed by atoms with van der Waals surface area (Å²) < 4.78 is 7.06. The summed E-state index contributed by atoms with van der Waals surface area (Å²) in [6.07, 6.45) is 2.35. The number of carbonyl (C=O) groups excluding carboxylic acids is 1. The van der Waals surface area contributed by atoms with Crippen LogP contribution in [-0.4, -0.2) is 34.4 Å². The highest BCUT2D eigenvalue weighted by molar-refractivity contribution is 7.99. The topological polar surface area (TPSA) is 73.2 Å². The fourth-order valence-electron chi connectivity index (χ4n) is 3.54. The third-order valence-electron chi connectivity index (χ3n) is 5.37. The molecule has 1 aliphatic carbocycles. The van der Waals surface area contributed by atoms with Gasteiger partial charge in [0.25, 0.3) is 5.56 Å². The molecule has 0 spiro atoms. The summed E-state index contributed by atoms with van der Waals surface area (Å²) in [7, 11) is 1.58. The van der Waals surface area contributed by atoms with Gasteiger partial charge < -0.3 is 10.1 Å². The van der Waals surface area contributed by atoms with Crippen molar-refractivity contribution in [3.8, 4) is 11.4 Å². The van der Waals surface area contributed by atoms with Crippen molar-refractivity contribution in [2.75, 3.05) is 12.9 Å². The molecule has 3 aromatic rings. The van der Waals surface area contributed by atoms with Crippen LogP contribution in [0.1, 0.15) is 25.3 Å². The van der Waals surface area contributed by atoms with Gasteiger partial charge in [-0.15, -0.1) is 0 Å². The van der Waals surface area contributed by atoms with E-state index in [0.717, 1.165) is 5.56 Å². The zero-order valence-corrected chi connectivity index (χ0v) is 18.2. The Morgan fingerprint density at radius 2 is 2.07 bits per heavy atom. The van der Waals surface area contributed by atoms with Gasteiger partial charge in [0, 0.05) is 6.04 Å². The molecule has 6 nitrogen and oxygen atoms in total. The van der Waals surface area contributed by atoms with E-state index in [9.17, 15) is 9.59 Å². The fourth-order valence-corrected chi connectivity index (χ4v) is 4.35. The van der Waals surface area contributed by atoms with Gasteiger partial charge in [-0.1, -0.05) is 30.0 Å². The number of rotatable bonds is 7. The molecular formula is C23H25N3O3S. The van der Waals surface area contributed by atoms with Gasteiger partial charge in [0.2, 0.25) is 5.91 Å². The van der Waals surface area contributed by atoms with E-state index in [2.05, 4.69) is 5.32 Å². The number of hydrogen-bond donors (Lipinski definition) is 1. The minimum Gasteiger partial charge on any atom is -0.495 e. The number of aryl methyl sites for hydroxylation is 1. The summed E-state index contributed by atoms with van der Waals surface area (Å²) in [4.78, 5) is 30.6. The van der Waals surface area contributed by atoms with E-state index in [-0.39, 0.29) is 23.3 Å². The first kappa shape index (κ1) is 20.5. The molecular weight excluding hydrogens is 398 g/mol. The van der Waals surface area contributed by atoms with E-state index in [1.54, 1.807) is 17.7 Å². The van der Waals surface area contributed by atoms with Gasteiger partial charge in [0.05, 0.1) is 29.5 Å². The lowest BCUT2D eigenvalue weighted by atomic mass is 10.2. The first-order valence-corrected chi connectivity index (χ1v) is 11.1. The van der Waals surface area contributed by atoms with Crippen LogP contribution in [0.5, 0.6) is 5.75 Å². The van der Waals surface area contributed by atoms with Crippen molar-refractivity contribution in [3.05, 3.63) is 58.4 Å². The third kappa shape index (κ3) is 4.21. The second kappa shape index (κ2) is 8.52. The number of methoxy groups -OCH3 is 1. The zero-order chi connectivity index (χ0) is 21.3. The largest absolute Gasteiger partial charge is 0.495 e. The summed E-state index contributed by atoms with van der Waals surface area (Å²) in [5.74, 6) is 1.31. The van der Waals surface area contributed by atoms with Gasteiger partial charge in [-0.05, 0) is 62.4 Å². The lowest BCUT2D eigenvalue weighted by Gasteiger charge is -2.17. The zero-order valence-electron chi connectivity index (χ0n) is 17.3. The van der Waals surface area contributed by atoms with Crippen molar-refractivity contribution in [1.82, 2.24) is 14.9 Å². The van der Waals surface area contributed by atoms with Crippen molar-refractivity contribution in [2.45, 2.75) is 37.9 Å². The molecule has 0 saturated heterocycles. The average molecular weight is 424 g/mol. The van der Waals surface area contributed by atoms with Crippen LogP contribution in [0.2, 0.25) is 0 Å². The molecule has 0 unspecified atom stereocenters. The highest BCUT2D eigenvalue weighted by Crippen LogP contribution is 2.32. The van der Waals surface area contributed by atoms with Crippen LogP contribution in [0, 0.1) is 12.8 Å². The van der Waals surface area contributed by atoms with E-state index in [4.69, 9.17) is 9.72 Å². The van der Waals surface area contributed by atoms with Gasteiger partial charge in [-0.2, -0.15) is 0 Å². The number of nitrogens with zero attached hydrogens (tertiary/aromatic N) is 2. The Hall–Kier alpha value is -2.80. The number of amides is 1. The fraction of sp³-hybridized carbons (Fsp3) is 0.348. The molecule has 1 atom stereocenters. The standard InChI is InChI=1S/C23H25N3O3S/c1-14-8-11-20(29-3)19(12-14)26-22(28)17-6-4-5-7-18(17)25-23(26)30-13-21(27)24-15(2)16-9-10-16/h4-8,11-12,15-16H,9-10,13H2,1-3H3,(H,24,27)/t15-/m0/s1. The smallest absolute Gasteiger partial charge is 0.266 e. The molecule has 4 rings (SSSR count). The van der Waals surface area contributed by atoms with Crippen LogP contribution in [0.25, 0.3) is 16.6 Å². The summed E-state index contributed by atoms with van der Waals surface area (Å²) in [5.41, 5.74) is 2.05. The molecule has 2 aromatic carbocycles. The quantitative estimate of drug-likeness (QED) is 0.463. The Kier molecular flexibility index (Phi) is 5.81. The van der Waals surface area contributed by atoms with Crippen molar-refractivity contribution in [1.29, 1.82) is 0 Å². The number of ether oxygens (including phenoxy) is 1. The van der Waals surface area contributed by atoms with E-state index >= 15 is 0 Å². The minimum absolute atomic E-state index is 0.0513. The first-order chi connectivity index (χ1) is 14.5. The number of para-hydroxylation sites is 1. The van der Waals surface area contributed by atoms with Crippen LogP contribution >= 0.6 is 11.8 Å². The predicted molar refractivity (Wildman–Crippen MR) is 120 cm³/mol. The van der Waals surface area contributed by atoms with E-state index in [0.29, 0.717) is 33.4 Å². The average Bonchev–Trinajstić information content (AvgIpc) is 3.58. The van der Waals surface area contributed by atoms with Crippen molar-refractivity contribution in [2.24, 2.45) is 5.92 Å². The number of nitrogens with one attached hydrogen (secondary N) is 1. The number of thioether (sulfide) groups is 1. The van der Waals surface area contributed by atoms with E-state index < -0.39 is 0 Å². The normalized spacial score (nSPS) is 14.5. The highest BCUT2D eigenvalue weighted by Gasteiger charge is 2.29. The van der Waals surface area contributed by atoms with Gasteiger partial charge in [0.1, 0.15) is 5.75 Å². The Morgan fingerprint density at radius 3 is 2.80 bits per heavy atom. The summed E-state index contributed by atoms with van der Waals surface area (Å²) in [6.45, 7) is 4.00. The molecule has 0 aliphatic heterocycles. The molecule has 0 bridgehead atoms. The first-order valence-electron chi connectivity index (χ1n) is 10.1. The summed E-state index contributed by atoms with van der Waals surface area (Å²) in [6, 6.07) is 13.1. The van der Waals surface area contributed by atoms with Crippen LogP contribution in [-0.2, 0) is 4.79 Å². The third-order valence-corrected chi connectivity index (χ3v) is 6.31. The predicted octanol–water partition coefficient (Wildman–Crippen LogP) is 3.71. The molecule has 156 valence electrons. The maximum absolute atomic E-state index is 13.4. The SMILES string of the molecule is COc1ccc(C)cc1-n1c(SCC(=O)N[C@@H](C)C2CC2)nc2ccccc2c1=O. The second-order valence-electron chi connectivity index (χ2n) is 7.71. The van der Waals surface area contributed by atoms with Crippen molar-refractivity contribution in [3.63, 3.8) is 0 Å². The lowest BCUT2D eigenvalue weighted by molar-refractivity contribution is -0.119. The molecule has 30 heavy (non-hydrogen) atoms. The maximum Gasteiger partial charge on any atom is 0.266 e. The Balaban J connectivity index is 1.74. The van der Waals surface area contributed by atoms with E-state index in [1.165, 1.54) is 24.6 Å². The van der Waals surface area contributed by atoms with Crippen molar-refractivity contribution >= 4 is 28.6 Å². The number of fused-ring (bicyclic) bond motifs is 1. The van der Waals surface area contributed by atoms with Crippen molar-refractivity contribution < 1.29 is 9.53 Å². The number of hydrogen-bond acceptors (Lipinski definition) is 5. The summed E-state index contributed by atoms with van der Waals surface area (Å²) in [5, 5.41) is 4.05. The monoisotopic (exact) mass is 423 g/mol. The molecule has 1 aliphatic rings. The molecule has 1 aromatic heterocycles. The molecule has 1 N–H and O–H groups in total. The van der Waals surface area contributed by atoms with Gasteiger partial charge in [-0.3, -0.25) is 14.2 Å². The van der Waals surface area contributed by atoms with Crippen LogP contribution in [0.15, 0.2) is 52.4 Å². The molecule has 1 fully saturated rings. The van der Waals surface area contributed by atoms with E-state index in [1.807, 2.05) is 50.2 Å². The van der Waals surface area contributed by atoms with Gasteiger partial charge in [0.15, 0.2) is 5.16 Å². The Bertz CT molecular complexity index is 1150. The van der Waals surface area contributed by atoms with Gasteiger partial charge in [-0.25, -0.2) is 4.98 Å². The molecule has 1 amide bonds. The second-order valence-corrected chi connectivity index (χ2v) is 8.65. The number of carbonyl (C=O) groups is 1. The molecule has 0 radical (unpaired) electrons. The lowest BCUT2D eigenvalue weighted by Crippen LogP contribution is -2.35. The number of aromatic nitrogens is 2. The Labute approximate surface area is 179 Å². The molecule has 7 heteroatoms. The molecule has 1 heterocycles. The number of benzene rings is 2. The van der Waals surface area contributed by atoms with Crippen LogP contribution < -0.4 is 15.6 Å². The van der Waals surface area contributed by atoms with Crippen LogP contribution in [0.4, 0.5) is 0 Å². The minimum atomic E-state index is -0.182. The highest BCUT2D eigenvalue weighted by atomic mass is 32.2.